The molecule has 1 spiro atoms. The van der Waals surface area contributed by atoms with Crippen LogP contribution in [0.15, 0.2) is 53.6 Å². The number of fused-ring (bicyclic) bond motifs is 4. The fourth-order valence-corrected chi connectivity index (χ4v) is 4.82. The number of rotatable bonds is 3. The summed E-state index contributed by atoms with van der Waals surface area (Å²) in [6.07, 6.45) is 1.82. The lowest BCUT2D eigenvalue weighted by Gasteiger charge is -2.51. The Labute approximate surface area is 182 Å². The van der Waals surface area contributed by atoms with E-state index in [2.05, 4.69) is 23.2 Å². The number of methoxy groups -OCH3 is 1. The first-order valence-corrected chi connectivity index (χ1v) is 10.8. The molecular formula is C24H27N3O4. The van der Waals surface area contributed by atoms with Crippen LogP contribution in [0.25, 0.3) is 0 Å². The Hall–Kier alpha value is -3.22. The van der Waals surface area contributed by atoms with E-state index in [4.69, 9.17) is 19.3 Å². The van der Waals surface area contributed by atoms with Gasteiger partial charge >= 0.3 is 6.09 Å². The molecule has 0 bridgehead atoms. The molecule has 0 unspecified atom stereocenters. The lowest BCUT2D eigenvalue weighted by Crippen LogP contribution is -2.59. The fraction of sp³-hybridized carbons (Fsp3) is 0.417. The van der Waals surface area contributed by atoms with Crippen molar-refractivity contribution < 1.29 is 19.0 Å². The van der Waals surface area contributed by atoms with Gasteiger partial charge in [0.15, 0.2) is 11.5 Å². The molecule has 0 N–H and O–H groups in total. The number of hydrazone groups is 1. The van der Waals surface area contributed by atoms with Gasteiger partial charge in [-0.2, -0.15) is 5.10 Å². The van der Waals surface area contributed by atoms with Crippen LogP contribution in [0.4, 0.5) is 4.79 Å². The minimum Gasteiger partial charge on any atom is -0.493 e. The summed E-state index contributed by atoms with van der Waals surface area (Å²) >= 11 is 0. The maximum absolute atomic E-state index is 12.2. The van der Waals surface area contributed by atoms with Gasteiger partial charge in [-0.3, -0.25) is 0 Å². The van der Waals surface area contributed by atoms with Crippen LogP contribution in [0.5, 0.6) is 11.5 Å². The summed E-state index contributed by atoms with van der Waals surface area (Å²) in [5.74, 6) is 1.53. The van der Waals surface area contributed by atoms with E-state index in [1.807, 2.05) is 37.3 Å². The molecule has 2 aromatic rings. The van der Waals surface area contributed by atoms with Crippen LogP contribution < -0.4 is 9.47 Å². The number of piperidine rings is 1. The van der Waals surface area contributed by atoms with Crippen molar-refractivity contribution in [3.05, 3.63) is 59.7 Å². The normalized spacial score (nSPS) is 21.1. The standard InChI is InChI=1S/C24H27N3O4/c1-3-30-23(28)26-14-12-24(13-15-26)27-20(16-19(25-27)17-8-5-4-6-9-17)18-10-7-11-21(29-2)22(18)31-24/h4-11,20H,3,12-16H2,1-2H3/t20-/m0/s1. The number of hydrogen-bond acceptors (Lipinski definition) is 6. The van der Waals surface area contributed by atoms with Crippen LogP contribution in [0.1, 0.15) is 43.4 Å². The van der Waals surface area contributed by atoms with Gasteiger partial charge in [-0.1, -0.05) is 42.5 Å². The zero-order chi connectivity index (χ0) is 21.4. The van der Waals surface area contributed by atoms with Crippen molar-refractivity contribution in [2.75, 3.05) is 26.8 Å². The second-order valence-electron chi connectivity index (χ2n) is 8.09. The minimum absolute atomic E-state index is 0.0724. The molecule has 3 aliphatic rings. The topological polar surface area (TPSA) is 63.6 Å². The van der Waals surface area contributed by atoms with Crippen molar-refractivity contribution in [2.24, 2.45) is 5.10 Å². The van der Waals surface area contributed by atoms with Gasteiger partial charge in [0.2, 0.25) is 5.72 Å². The van der Waals surface area contributed by atoms with Crippen molar-refractivity contribution in [3.8, 4) is 11.5 Å². The smallest absolute Gasteiger partial charge is 0.409 e. The molecule has 5 rings (SSSR count). The highest BCUT2D eigenvalue weighted by molar-refractivity contribution is 6.02. The van der Waals surface area contributed by atoms with Gasteiger partial charge in [-0.25, -0.2) is 9.80 Å². The van der Waals surface area contributed by atoms with E-state index in [1.54, 1.807) is 12.0 Å². The van der Waals surface area contributed by atoms with E-state index >= 15 is 0 Å². The number of carbonyl (C=O) groups excluding carboxylic acids is 1. The highest BCUT2D eigenvalue weighted by atomic mass is 16.6. The molecule has 1 atom stereocenters. The van der Waals surface area contributed by atoms with Crippen molar-refractivity contribution in [3.63, 3.8) is 0 Å². The molecule has 2 aromatic carbocycles. The quantitative estimate of drug-likeness (QED) is 0.744. The molecule has 31 heavy (non-hydrogen) atoms. The number of hydrogen-bond donors (Lipinski definition) is 0. The number of amides is 1. The molecule has 3 aliphatic heterocycles. The third-order valence-electron chi connectivity index (χ3n) is 6.39. The fourth-order valence-electron chi connectivity index (χ4n) is 4.82. The highest BCUT2D eigenvalue weighted by Crippen LogP contribution is 2.52. The molecule has 1 amide bonds. The van der Waals surface area contributed by atoms with Gasteiger partial charge in [0.05, 0.1) is 25.5 Å². The Kier molecular flexibility index (Phi) is 4.96. The second-order valence-corrected chi connectivity index (χ2v) is 8.09. The van der Waals surface area contributed by atoms with E-state index < -0.39 is 5.72 Å². The summed E-state index contributed by atoms with van der Waals surface area (Å²) < 4.78 is 17.5. The summed E-state index contributed by atoms with van der Waals surface area (Å²) in [6, 6.07) is 16.4. The second kappa shape index (κ2) is 7.80. The highest BCUT2D eigenvalue weighted by Gasteiger charge is 2.53. The van der Waals surface area contributed by atoms with Crippen LogP contribution in [-0.2, 0) is 4.74 Å². The number of likely N-dealkylation sites (tertiary alicyclic amines) is 1. The maximum atomic E-state index is 12.2. The number of ether oxygens (including phenoxy) is 3. The maximum Gasteiger partial charge on any atom is 0.409 e. The van der Waals surface area contributed by atoms with E-state index in [-0.39, 0.29) is 12.1 Å². The first kappa shape index (κ1) is 19.7. The summed E-state index contributed by atoms with van der Waals surface area (Å²) in [5, 5.41) is 7.21. The Balaban J connectivity index is 1.52. The molecule has 0 aromatic heterocycles. The Morgan fingerprint density at radius 2 is 1.94 bits per heavy atom. The van der Waals surface area contributed by atoms with Crippen molar-refractivity contribution in [1.29, 1.82) is 0 Å². The lowest BCUT2D eigenvalue weighted by molar-refractivity contribution is -0.148. The predicted molar refractivity (Wildman–Crippen MR) is 116 cm³/mol. The SMILES string of the molecule is CCOC(=O)N1CCC2(CC1)Oc1c(OC)cccc1[C@@H]1CC(c3ccccc3)=NN12. The zero-order valence-electron chi connectivity index (χ0n) is 17.9. The van der Waals surface area contributed by atoms with Gasteiger partial charge < -0.3 is 19.1 Å². The first-order chi connectivity index (χ1) is 15.1. The molecule has 3 heterocycles. The van der Waals surface area contributed by atoms with Gasteiger partial charge in [-0.15, -0.1) is 0 Å². The van der Waals surface area contributed by atoms with E-state index in [0.717, 1.165) is 34.8 Å². The van der Waals surface area contributed by atoms with Gasteiger partial charge in [0.25, 0.3) is 0 Å². The number of benzene rings is 2. The molecule has 1 fully saturated rings. The van der Waals surface area contributed by atoms with E-state index in [0.29, 0.717) is 32.5 Å². The predicted octanol–water partition coefficient (Wildman–Crippen LogP) is 4.19. The van der Waals surface area contributed by atoms with Gasteiger partial charge in [0, 0.05) is 37.9 Å². The van der Waals surface area contributed by atoms with Crippen molar-refractivity contribution in [2.45, 2.75) is 38.0 Å². The molecule has 7 nitrogen and oxygen atoms in total. The van der Waals surface area contributed by atoms with Crippen LogP contribution in [0.3, 0.4) is 0 Å². The van der Waals surface area contributed by atoms with E-state index in [1.165, 1.54) is 0 Å². The number of para-hydroxylation sites is 1. The van der Waals surface area contributed by atoms with Crippen LogP contribution >= 0.6 is 0 Å². The summed E-state index contributed by atoms with van der Waals surface area (Å²) in [6.45, 7) is 3.32. The number of carbonyl (C=O) groups is 1. The number of nitrogens with zero attached hydrogens (tertiary/aromatic N) is 3. The third-order valence-corrected chi connectivity index (χ3v) is 6.39. The molecule has 0 radical (unpaired) electrons. The molecule has 0 aliphatic carbocycles. The first-order valence-electron chi connectivity index (χ1n) is 10.8. The molecule has 0 saturated carbocycles. The third kappa shape index (κ3) is 3.28. The Morgan fingerprint density at radius 1 is 1.16 bits per heavy atom. The van der Waals surface area contributed by atoms with E-state index in [9.17, 15) is 4.79 Å². The average molecular weight is 421 g/mol. The molecule has 7 heteroatoms. The van der Waals surface area contributed by atoms with Crippen molar-refractivity contribution >= 4 is 11.8 Å². The molecule has 162 valence electrons. The lowest BCUT2D eigenvalue weighted by atomic mass is 9.90. The summed E-state index contributed by atoms with van der Waals surface area (Å²) in [7, 11) is 1.67. The Morgan fingerprint density at radius 3 is 2.65 bits per heavy atom. The summed E-state index contributed by atoms with van der Waals surface area (Å²) in [4.78, 5) is 14.0. The minimum atomic E-state index is -0.619. The largest absolute Gasteiger partial charge is 0.493 e. The van der Waals surface area contributed by atoms with Crippen molar-refractivity contribution in [1.82, 2.24) is 9.91 Å². The van der Waals surface area contributed by atoms with Crippen LogP contribution in [-0.4, -0.2) is 54.2 Å². The summed E-state index contributed by atoms with van der Waals surface area (Å²) in [5.41, 5.74) is 2.65. The van der Waals surface area contributed by atoms with Crippen LogP contribution in [0, 0.1) is 0 Å². The zero-order valence-corrected chi connectivity index (χ0v) is 17.9. The van der Waals surface area contributed by atoms with Crippen LogP contribution in [0.2, 0.25) is 0 Å². The van der Waals surface area contributed by atoms with Gasteiger partial charge in [-0.05, 0) is 18.6 Å². The molecule has 1 saturated heterocycles. The molecular weight excluding hydrogens is 394 g/mol. The Bertz CT molecular complexity index is 999. The monoisotopic (exact) mass is 421 g/mol. The van der Waals surface area contributed by atoms with Gasteiger partial charge in [0.1, 0.15) is 0 Å². The average Bonchev–Trinajstić information content (AvgIpc) is 3.27.